The van der Waals surface area contributed by atoms with Crippen LogP contribution in [0.2, 0.25) is 5.02 Å². The van der Waals surface area contributed by atoms with Gasteiger partial charge in [-0.1, -0.05) is 29.8 Å². The van der Waals surface area contributed by atoms with Gasteiger partial charge in [-0.05, 0) is 49.2 Å². The quantitative estimate of drug-likeness (QED) is 0.801. The molecule has 3 rings (SSSR count). The van der Waals surface area contributed by atoms with Gasteiger partial charge in [0.25, 0.3) is 0 Å². The molecule has 0 radical (unpaired) electrons. The van der Waals surface area contributed by atoms with Gasteiger partial charge < -0.3 is 4.90 Å². The topological polar surface area (TPSA) is 57.7 Å². The molecule has 5 nitrogen and oxygen atoms in total. The first kappa shape index (κ1) is 18.9. The highest BCUT2D eigenvalue weighted by Gasteiger charge is 2.34. The van der Waals surface area contributed by atoms with Gasteiger partial charge in [0.15, 0.2) is 0 Å². The molecule has 1 atom stereocenters. The normalized spacial score (nSPS) is 18.5. The molecule has 1 amide bonds. The lowest BCUT2D eigenvalue weighted by atomic mass is 9.98. The van der Waals surface area contributed by atoms with E-state index in [-0.39, 0.29) is 23.3 Å². The van der Waals surface area contributed by atoms with E-state index in [4.69, 9.17) is 11.6 Å². The Morgan fingerprint density at radius 1 is 1.12 bits per heavy atom. The number of hydrogen-bond donors (Lipinski definition) is 0. The number of halogens is 1. The number of rotatable bonds is 4. The van der Waals surface area contributed by atoms with Crippen LogP contribution in [-0.2, 0) is 14.8 Å². The summed E-state index contributed by atoms with van der Waals surface area (Å²) in [6, 6.07) is 15.5. The molecule has 7 heteroatoms. The fraction of sp³-hybridized carbons (Fsp3) is 0.316. The van der Waals surface area contributed by atoms with Gasteiger partial charge >= 0.3 is 0 Å². The molecule has 1 fully saturated rings. The molecule has 0 spiro atoms. The first-order chi connectivity index (χ1) is 12.4. The maximum atomic E-state index is 12.9. The number of carbonyl (C=O) groups excluding carboxylic acids is 1. The van der Waals surface area contributed by atoms with E-state index in [9.17, 15) is 13.2 Å². The zero-order chi connectivity index (χ0) is 18.7. The molecule has 1 aliphatic heterocycles. The van der Waals surface area contributed by atoms with Crippen molar-refractivity contribution in [1.82, 2.24) is 4.31 Å². The van der Waals surface area contributed by atoms with Gasteiger partial charge in [0.05, 0.1) is 10.8 Å². The summed E-state index contributed by atoms with van der Waals surface area (Å²) in [4.78, 5) is 14.6. The zero-order valence-corrected chi connectivity index (χ0v) is 16.1. The summed E-state index contributed by atoms with van der Waals surface area (Å²) in [6.45, 7) is 0.616. The molecular weight excluding hydrogens is 372 g/mol. The van der Waals surface area contributed by atoms with E-state index in [1.807, 2.05) is 30.3 Å². The molecule has 0 bridgehead atoms. The molecule has 0 N–H and O–H groups in total. The number of hydrogen-bond acceptors (Lipinski definition) is 3. The number of piperidine rings is 1. The predicted molar refractivity (Wildman–Crippen MR) is 103 cm³/mol. The Kier molecular flexibility index (Phi) is 5.65. The second kappa shape index (κ2) is 7.78. The van der Waals surface area contributed by atoms with Crippen LogP contribution in [0.15, 0.2) is 59.5 Å². The number of nitrogens with zero attached hydrogens (tertiary/aromatic N) is 2. The van der Waals surface area contributed by atoms with E-state index in [0.717, 1.165) is 5.69 Å². The minimum Gasteiger partial charge on any atom is -0.315 e. The Bertz CT molecular complexity index is 869. The standard InChI is InChI=1S/C19H21ClN2O3S/c1-21(17-7-3-2-4-8-17)19(23)15-6-5-13-22(14-15)26(24,25)18-11-9-16(20)10-12-18/h2-4,7-12,15H,5-6,13-14H2,1H3. The number of carbonyl (C=O) groups is 1. The van der Waals surface area contributed by atoms with Crippen LogP contribution < -0.4 is 4.90 Å². The van der Waals surface area contributed by atoms with E-state index in [2.05, 4.69) is 0 Å². The summed E-state index contributed by atoms with van der Waals surface area (Å²) in [6.07, 6.45) is 1.34. The SMILES string of the molecule is CN(C(=O)C1CCCN(S(=O)(=O)c2ccc(Cl)cc2)C1)c1ccccc1. The Balaban J connectivity index is 1.76. The fourth-order valence-corrected chi connectivity index (χ4v) is 4.82. The fourth-order valence-electron chi connectivity index (χ4n) is 3.17. The summed E-state index contributed by atoms with van der Waals surface area (Å²) >= 11 is 5.85. The van der Waals surface area contributed by atoms with Crippen molar-refractivity contribution < 1.29 is 13.2 Å². The van der Waals surface area contributed by atoms with Crippen LogP contribution in [0.4, 0.5) is 5.69 Å². The highest BCUT2D eigenvalue weighted by atomic mass is 35.5. The van der Waals surface area contributed by atoms with E-state index >= 15 is 0 Å². The summed E-state index contributed by atoms with van der Waals surface area (Å²) in [7, 11) is -1.91. The van der Waals surface area contributed by atoms with Crippen LogP contribution in [0.3, 0.4) is 0 Å². The van der Waals surface area contributed by atoms with Crippen molar-refractivity contribution in [3.8, 4) is 0 Å². The van der Waals surface area contributed by atoms with Gasteiger partial charge in [0.1, 0.15) is 0 Å². The van der Waals surface area contributed by atoms with Crippen LogP contribution in [0.1, 0.15) is 12.8 Å². The lowest BCUT2D eigenvalue weighted by molar-refractivity contribution is -0.123. The first-order valence-corrected chi connectivity index (χ1v) is 10.3. The zero-order valence-electron chi connectivity index (χ0n) is 14.5. The van der Waals surface area contributed by atoms with E-state index < -0.39 is 10.0 Å². The van der Waals surface area contributed by atoms with Crippen molar-refractivity contribution in [2.24, 2.45) is 5.92 Å². The third-order valence-electron chi connectivity index (χ3n) is 4.66. The van der Waals surface area contributed by atoms with Crippen LogP contribution >= 0.6 is 11.6 Å². The smallest absolute Gasteiger partial charge is 0.243 e. The molecule has 2 aromatic rings. The van der Waals surface area contributed by atoms with Gasteiger partial charge in [-0.25, -0.2) is 8.42 Å². The molecule has 2 aromatic carbocycles. The first-order valence-electron chi connectivity index (χ1n) is 8.48. The number of sulfonamides is 1. The molecule has 26 heavy (non-hydrogen) atoms. The largest absolute Gasteiger partial charge is 0.315 e. The molecule has 1 aliphatic rings. The molecule has 1 unspecified atom stereocenters. The highest BCUT2D eigenvalue weighted by Crippen LogP contribution is 2.26. The number of amides is 1. The summed E-state index contributed by atoms with van der Waals surface area (Å²) in [5.41, 5.74) is 0.801. The summed E-state index contributed by atoms with van der Waals surface area (Å²) in [5.74, 6) is -0.414. The highest BCUT2D eigenvalue weighted by molar-refractivity contribution is 7.89. The van der Waals surface area contributed by atoms with E-state index in [1.54, 1.807) is 24.1 Å². The lowest BCUT2D eigenvalue weighted by Crippen LogP contribution is -2.45. The third kappa shape index (κ3) is 3.92. The summed E-state index contributed by atoms with van der Waals surface area (Å²) < 4.78 is 27.1. The average Bonchev–Trinajstić information content (AvgIpc) is 2.68. The van der Waals surface area contributed by atoms with Gasteiger partial charge in [0.2, 0.25) is 15.9 Å². The van der Waals surface area contributed by atoms with Gasteiger partial charge in [-0.15, -0.1) is 0 Å². The maximum Gasteiger partial charge on any atom is 0.243 e. The predicted octanol–water partition coefficient (Wildman–Crippen LogP) is 3.40. The second-order valence-corrected chi connectivity index (χ2v) is 8.76. The van der Waals surface area contributed by atoms with Crippen molar-refractivity contribution in [2.75, 3.05) is 25.0 Å². The second-order valence-electron chi connectivity index (χ2n) is 6.39. The minimum absolute atomic E-state index is 0.0628. The van der Waals surface area contributed by atoms with Crippen molar-refractivity contribution in [3.05, 3.63) is 59.6 Å². The molecule has 0 aromatic heterocycles. The molecule has 138 valence electrons. The number of para-hydroxylation sites is 1. The minimum atomic E-state index is -3.63. The Labute approximate surface area is 159 Å². The Morgan fingerprint density at radius 2 is 1.77 bits per heavy atom. The van der Waals surface area contributed by atoms with Crippen LogP contribution in [0.25, 0.3) is 0 Å². The van der Waals surface area contributed by atoms with Crippen molar-refractivity contribution in [2.45, 2.75) is 17.7 Å². The van der Waals surface area contributed by atoms with Gasteiger partial charge in [-0.3, -0.25) is 4.79 Å². The monoisotopic (exact) mass is 392 g/mol. The van der Waals surface area contributed by atoms with Gasteiger partial charge in [0, 0.05) is 30.8 Å². The van der Waals surface area contributed by atoms with Crippen LogP contribution in [-0.4, -0.2) is 38.8 Å². The van der Waals surface area contributed by atoms with Crippen molar-refractivity contribution >= 4 is 33.2 Å². The third-order valence-corrected chi connectivity index (χ3v) is 6.79. The number of anilines is 1. The van der Waals surface area contributed by atoms with Crippen LogP contribution in [0.5, 0.6) is 0 Å². The maximum absolute atomic E-state index is 12.9. The molecular formula is C19H21ClN2O3S. The molecule has 0 saturated carbocycles. The van der Waals surface area contributed by atoms with E-state index in [0.29, 0.717) is 24.4 Å². The lowest BCUT2D eigenvalue weighted by Gasteiger charge is -2.33. The van der Waals surface area contributed by atoms with Crippen molar-refractivity contribution in [1.29, 1.82) is 0 Å². The Morgan fingerprint density at radius 3 is 2.42 bits per heavy atom. The average molecular weight is 393 g/mol. The summed E-state index contributed by atoms with van der Waals surface area (Å²) in [5, 5.41) is 0.486. The Hall–Kier alpha value is -1.89. The molecule has 1 saturated heterocycles. The van der Waals surface area contributed by atoms with Crippen molar-refractivity contribution in [3.63, 3.8) is 0 Å². The molecule has 1 heterocycles. The van der Waals surface area contributed by atoms with Crippen LogP contribution in [0, 0.1) is 5.92 Å². The molecule has 0 aliphatic carbocycles. The van der Waals surface area contributed by atoms with Gasteiger partial charge in [-0.2, -0.15) is 4.31 Å². The number of benzene rings is 2. The van der Waals surface area contributed by atoms with E-state index in [1.165, 1.54) is 16.4 Å².